The lowest BCUT2D eigenvalue weighted by Crippen LogP contribution is -2.48. The number of amidine groups is 1. The van der Waals surface area contributed by atoms with Gasteiger partial charge in [0.25, 0.3) is 0 Å². The number of Topliss-reactive ketones (excluding diaryl/α,β-unsaturated/α-hetero) is 1. The standard InChI is InChI=1S/C28H36N4O4/c1-19-24-18-36-14-11-25(24)30-26(29-19)16-32(15-20-3-4-20)27(33)17-31-12-9-22(10-13-31)28(34)21-5-7-23(35-2)8-6-21/h5-8,20,22H,1,3-4,9-18H2,2H3,(H,29,30). The Morgan fingerprint density at radius 3 is 2.64 bits per heavy atom. The van der Waals surface area contributed by atoms with E-state index in [1.165, 1.54) is 12.8 Å². The summed E-state index contributed by atoms with van der Waals surface area (Å²) in [5.41, 5.74) is 3.63. The first-order chi connectivity index (χ1) is 17.5. The number of methoxy groups -OCH3 is 1. The lowest BCUT2D eigenvalue weighted by Gasteiger charge is -2.33. The van der Waals surface area contributed by atoms with Gasteiger partial charge in [-0.05, 0) is 69.0 Å². The van der Waals surface area contributed by atoms with Crippen LogP contribution in [0, 0.1) is 11.8 Å². The Hall–Kier alpha value is -2.97. The molecule has 0 radical (unpaired) electrons. The quantitative estimate of drug-likeness (QED) is 0.534. The fourth-order valence-electron chi connectivity index (χ4n) is 5.16. The van der Waals surface area contributed by atoms with Crippen LogP contribution in [0.5, 0.6) is 5.75 Å². The van der Waals surface area contributed by atoms with Gasteiger partial charge in [0.05, 0.1) is 39.1 Å². The molecule has 1 saturated heterocycles. The van der Waals surface area contributed by atoms with Crippen LogP contribution in [0.3, 0.4) is 0 Å². The molecule has 5 rings (SSSR count). The van der Waals surface area contributed by atoms with E-state index in [2.05, 4.69) is 16.8 Å². The second kappa shape index (κ2) is 11.0. The normalized spacial score (nSPS) is 20.9. The SMILES string of the molecule is C=C1NC(CN(CC2CC2)C(=O)CN2CCC(C(=O)c3ccc(OC)cc3)CC2)=NC2=C1COCC2. The molecular formula is C28H36N4O4. The van der Waals surface area contributed by atoms with Crippen LogP contribution in [-0.4, -0.2) is 80.4 Å². The minimum Gasteiger partial charge on any atom is -0.497 e. The summed E-state index contributed by atoms with van der Waals surface area (Å²) in [6.07, 6.45) is 4.69. The van der Waals surface area contributed by atoms with Gasteiger partial charge in [-0.2, -0.15) is 0 Å². The Bertz CT molecular complexity index is 1070. The molecule has 1 aromatic rings. The highest BCUT2D eigenvalue weighted by molar-refractivity contribution is 5.98. The second-order valence-corrected chi connectivity index (χ2v) is 10.3. The molecule has 0 unspecified atom stereocenters. The van der Waals surface area contributed by atoms with Crippen molar-refractivity contribution in [3.8, 4) is 5.75 Å². The zero-order chi connectivity index (χ0) is 25.1. The van der Waals surface area contributed by atoms with Gasteiger partial charge < -0.3 is 19.7 Å². The minimum atomic E-state index is 0.000985. The van der Waals surface area contributed by atoms with Gasteiger partial charge in [0.15, 0.2) is 5.78 Å². The van der Waals surface area contributed by atoms with Crippen LogP contribution in [0.4, 0.5) is 0 Å². The molecule has 4 aliphatic rings. The highest BCUT2D eigenvalue weighted by Gasteiger charge is 2.31. The molecule has 36 heavy (non-hydrogen) atoms. The largest absolute Gasteiger partial charge is 0.497 e. The van der Waals surface area contributed by atoms with E-state index in [1.54, 1.807) is 7.11 Å². The molecular weight excluding hydrogens is 456 g/mol. The van der Waals surface area contributed by atoms with Gasteiger partial charge >= 0.3 is 0 Å². The van der Waals surface area contributed by atoms with Crippen molar-refractivity contribution in [1.82, 2.24) is 15.1 Å². The van der Waals surface area contributed by atoms with Crippen molar-refractivity contribution >= 4 is 17.5 Å². The first-order valence-electron chi connectivity index (χ1n) is 13.0. The van der Waals surface area contributed by atoms with E-state index in [-0.39, 0.29) is 17.6 Å². The summed E-state index contributed by atoms with van der Waals surface area (Å²) < 4.78 is 10.7. The number of benzene rings is 1. The van der Waals surface area contributed by atoms with Gasteiger partial charge in [-0.25, -0.2) is 4.99 Å². The number of ether oxygens (including phenoxy) is 2. The molecule has 8 heteroatoms. The Balaban J connectivity index is 1.16. The highest BCUT2D eigenvalue weighted by atomic mass is 16.5. The predicted molar refractivity (Wildman–Crippen MR) is 138 cm³/mol. The van der Waals surface area contributed by atoms with E-state index >= 15 is 0 Å². The Kier molecular flexibility index (Phi) is 7.53. The molecule has 1 saturated carbocycles. The topological polar surface area (TPSA) is 83.5 Å². The summed E-state index contributed by atoms with van der Waals surface area (Å²) in [5, 5.41) is 3.30. The van der Waals surface area contributed by atoms with Crippen LogP contribution in [0.25, 0.3) is 0 Å². The molecule has 192 valence electrons. The molecule has 8 nitrogen and oxygen atoms in total. The Labute approximate surface area is 213 Å². The highest BCUT2D eigenvalue weighted by Crippen LogP contribution is 2.30. The third kappa shape index (κ3) is 5.87. The van der Waals surface area contributed by atoms with Crippen LogP contribution in [0.2, 0.25) is 0 Å². The average Bonchev–Trinajstić information content (AvgIpc) is 3.72. The van der Waals surface area contributed by atoms with Gasteiger partial charge in [0, 0.05) is 35.7 Å². The maximum Gasteiger partial charge on any atom is 0.237 e. The van der Waals surface area contributed by atoms with E-state index < -0.39 is 0 Å². The molecule has 3 heterocycles. The number of ketones is 1. The van der Waals surface area contributed by atoms with Gasteiger partial charge in [-0.3, -0.25) is 14.5 Å². The first-order valence-corrected chi connectivity index (χ1v) is 13.0. The van der Waals surface area contributed by atoms with Gasteiger partial charge in [-0.15, -0.1) is 0 Å². The summed E-state index contributed by atoms with van der Waals surface area (Å²) in [7, 11) is 1.62. The summed E-state index contributed by atoms with van der Waals surface area (Å²) in [4.78, 5) is 35.3. The second-order valence-electron chi connectivity index (χ2n) is 10.3. The average molecular weight is 493 g/mol. The van der Waals surface area contributed by atoms with Gasteiger partial charge in [0.1, 0.15) is 11.6 Å². The van der Waals surface area contributed by atoms with Crippen molar-refractivity contribution in [2.75, 3.05) is 53.0 Å². The van der Waals surface area contributed by atoms with E-state index in [0.717, 1.165) is 73.0 Å². The van der Waals surface area contributed by atoms with Crippen LogP contribution in [0.1, 0.15) is 42.5 Å². The minimum absolute atomic E-state index is 0.000985. The van der Waals surface area contributed by atoms with E-state index in [4.69, 9.17) is 14.5 Å². The summed E-state index contributed by atoms with van der Waals surface area (Å²) in [5.74, 6) is 2.44. The monoisotopic (exact) mass is 492 g/mol. The number of hydrogen-bond acceptors (Lipinski definition) is 7. The van der Waals surface area contributed by atoms with Crippen molar-refractivity contribution in [3.05, 3.63) is 53.4 Å². The predicted octanol–water partition coefficient (Wildman–Crippen LogP) is 3.02. The van der Waals surface area contributed by atoms with Crippen molar-refractivity contribution in [3.63, 3.8) is 0 Å². The molecule has 1 aromatic carbocycles. The van der Waals surface area contributed by atoms with Crippen molar-refractivity contribution < 1.29 is 19.1 Å². The third-order valence-corrected chi connectivity index (χ3v) is 7.57. The van der Waals surface area contributed by atoms with E-state index in [0.29, 0.717) is 32.2 Å². The summed E-state index contributed by atoms with van der Waals surface area (Å²) in [6.45, 7) is 8.48. The number of piperidine rings is 1. The lowest BCUT2D eigenvalue weighted by atomic mass is 9.89. The maximum absolute atomic E-state index is 13.4. The molecule has 0 bridgehead atoms. The fraction of sp³-hybridized carbons (Fsp3) is 0.536. The number of nitrogens with zero attached hydrogens (tertiary/aromatic N) is 3. The summed E-state index contributed by atoms with van der Waals surface area (Å²) in [6, 6.07) is 7.33. The Morgan fingerprint density at radius 1 is 1.19 bits per heavy atom. The van der Waals surface area contributed by atoms with Crippen LogP contribution >= 0.6 is 0 Å². The van der Waals surface area contributed by atoms with E-state index in [1.807, 2.05) is 29.2 Å². The molecule has 0 spiro atoms. The smallest absolute Gasteiger partial charge is 0.237 e. The summed E-state index contributed by atoms with van der Waals surface area (Å²) >= 11 is 0. The fourth-order valence-corrected chi connectivity index (χ4v) is 5.16. The number of nitrogens with one attached hydrogen (secondary N) is 1. The molecule has 1 amide bonds. The van der Waals surface area contributed by atoms with Crippen molar-refractivity contribution in [1.29, 1.82) is 0 Å². The van der Waals surface area contributed by atoms with Crippen LogP contribution in [0.15, 0.2) is 52.8 Å². The molecule has 1 aliphatic carbocycles. The van der Waals surface area contributed by atoms with Gasteiger partial charge in [-0.1, -0.05) is 6.58 Å². The number of carbonyl (C=O) groups excluding carboxylic acids is 2. The van der Waals surface area contributed by atoms with Crippen LogP contribution in [-0.2, 0) is 9.53 Å². The third-order valence-electron chi connectivity index (χ3n) is 7.57. The zero-order valence-corrected chi connectivity index (χ0v) is 21.1. The number of aliphatic imine (C=N–C) groups is 1. The molecule has 1 N–H and O–H groups in total. The number of hydrogen-bond donors (Lipinski definition) is 1. The molecule has 0 atom stereocenters. The van der Waals surface area contributed by atoms with Crippen molar-refractivity contribution in [2.45, 2.75) is 32.1 Å². The van der Waals surface area contributed by atoms with Crippen LogP contribution < -0.4 is 10.1 Å². The first kappa shape index (κ1) is 24.7. The number of likely N-dealkylation sites (tertiary alicyclic amines) is 1. The molecule has 2 fully saturated rings. The molecule has 0 aromatic heterocycles. The van der Waals surface area contributed by atoms with Crippen molar-refractivity contribution in [2.24, 2.45) is 16.8 Å². The number of rotatable bonds is 9. The molecule has 3 aliphatic heterocycles. The number of carbonyl (C=O) groups is 2. The maximum atomic E-state index is 13.4. The lowest BCUT2D eigenvalue weighted by molar-refractivity contribution is -0.132. The van der Waals surface area contributed by atoms with Gasteiger partial charge in [0.2, 0.25) is 5.91 Å². The zero-order valence-electron chi connectivity index (χ0n) is 21.1. The number of amides is 1. The Morgan fingerprint density at radius 2 is 1.94 bits per heavy atom. The van der Waals surface area contributed by atoms with E-state index in [9.17, 15) is 9.59 Å².